The first kappa shape index (κ1) is 19.6. The van der Waals surface area contributed by atoms with Gasteiger partial charge in [0.15, 0.2) is 6.61 Å². The molecule has 0 aliphatic heterocycles. The van der Waals surface area contributed by atoms with Crippen LogP contribution in [0.25, 0.3) is 11.8 Å². The third-order valence-electron chi connectivity index (χ3n) is 4.12. The highest BCUT2D eigenvalue weighted by Gasteiger charge is 2.11. The molecule has 0 saturated heterocycles. The Morgan fingerprint density at radius 2 is 1.96 bits per heavy atom. The number of nitrogens with one attached hydrogen (secondary N) is 1. The van der Waals surface area contributed by atoms with E-state index in [1.54, 1.807) is 17.4 Å². The summed E-state index contributed by atoms with van der Waals surface area (Å²) in [5, 5.41) is 9.18. The molecular formula is C21H21N3O3S. The molecule has 1 aromatic carbocycles. The second-order valence-corrected chi connectivity index (χ2v) is 7.16. The number of carbonyl (C=O) groups is 2. The van der Waals surface area contributed by atoms with Gasteiger partial charge in [-0.25, -0.2) is 9.48 Å². The van der Waals surface area contributed by atoms with Crippen LogP contribution in [-0.2, 0) is 20.9 Å². The summed E-state index contributed by atoms with van der Waals surface area (Å²) in [6.07, 6.45) is 2.99. The van der Waals surface area contributed by atoms with Crippen LogP contribution >= 0.6 is 11.3 Å². The molecule has 0 aliphatic rings. The van der Waals surface area contributed by atoms with Crippen molar-refractivity contribution >= 4 is 29.3 Å². The molecule has 2 aromatic heterocycles. The van der Waals surface area contributed by atoms with E-state index >= 15 is 0 Å². The van der Waals surface area contributed by atoms with Crippen LogP contribution in [0, 0.1) is 13.8 Å². The van der Waals surface area contributed by atoms with Crippen molar-refractivity contribution in [1.82, 2.24) is 15.1 Å². The zero-order valence-electron chi connectivity index (χ0n) is 15.7. The van der Waals surface area contributed by atoms with Crippen molar-refractivity contribution in [2.45, 2.75) is 20.4 Å². The lowest BCUT2D eigenvalue weighted by atomic mass is 10.2. The van der Waals surface area contributed by atoms with Gasteiger partial charge in [-0.15, -0.1) is 11.3 Å². The summed E-state index contributed by atoms with van der Waals surface area (Å²) in [6.45, 7) is 3.95. The fraction of sp³-hybridized carbons (Fsp3) is 0.190. The molecule has 0 atom stereocenters. The summed E-state index contributed by atoms with van der Waals surface area (Å²) in [7, 11) is 0. The van der Waals surface area contributed by atoms with Crippen LogP contribution in [0.5, 0.6) is 0 Å². The molecule has 0 saturated carbocycles. The average molecular weight is 395 g/mol. The van der Waals surface area contributed by atoms with Crippen LogP contribution in [0.15, 0.2) is 53.9 Å². The van der Waals surface area contributed by atoms with Crippen molar-refractivity contribution in [2.75, 3.05) is 6.61 Å². The molecule has 7 heteroatoms. The molecule has 3 rings (SSSR count). The topological polar surface area (TPSA) is 73.2 Å². The second kappa shape index (κ2) is 9.14. The van der Waals surface area contributed by atoms with E-state index in [1.165, 1.54) is 6.08 Å². The van der Waals surface area contributed by atoms with E-state index in [-0.39, 0.29) is 12.5 Å². The number of ether oxygens (including phenoxy) is 1. The molecule has 1 N–H and O–H groups in total. The van der Waals surface area contributed by atoms with E-state index in [4.69, 9.17) is 4.74 Å². The smallest absolute Gasteiger partial charge is 0.331 e. The summed E-state index contributed by atoms with van der Waals surface area (Å²) in [5.41, 5.74) is 3.52. The van der Waals surface area contributed by atoms with Crippen LogP contribution in [0.2, 0.25) is 0 Å². The van der Waals surface area contributed by atoms with Gasteiger partial charge < -0.3 is 10.1 Å². The van der Waals surface area contributed by atoms with Crippen molar-refractivity contribution in [2.24, 2.45) is 0 Å². The molecule has 0 radical (unpaired) electrons. The number of amides is 1. The molecule has 0 bridgehead atoms. The number of rotatable bonds is 7. The van der Waals surface area contributed by atoms with E-state index in [1.807, 2.05) is 66.4 Å². The van der Waals surface area contributed by atoms with Crippen LogP contribution in [0.1, 0.15) is 21.8 Å². The van der Waals surface area contributed by atoms with Crippen LogP contribution in [-0.4, -0.2) is 28.3 Å². The van der Waals surface area contributed by atoms with Crippen molar-refractivity contribution < 1.29 is 14.3 Å². The highest BCUT2D eigenvalue weighted by molar-refractivity contribution is 7.09. The van der Waals surface area contributed by atoms with E-state index in [9.17, 15) is 9.59 Å². The van der Waals surface area contributed by atoms with Gasteiger partial charge in [-0.2, -0.15) is 5.10 Å². The number of benzene rings is 1. The monoisotopic (exact) mass is 395 g/mol. The number of esters is 1. The van der Waals surface area contributed by atoms with E-state index < -0.39 is 5.97 Å². The number of nitrogens with zero attached hydrogens (tertiary/aromatic N) is 2. The summed E-state index contributed by atoms with van der Waals surface area (Å²) in [4.78, 5) is 24.7. The number of aryl methyl sites for hydroxylation is 1. The second-order valence-electron chi connectivity index (χ2n) is 6.13. The Labute approximate surface area is 167 Å². The number of hydrogen-bond donors (Lipinski definition) is 1. The SMILES string of the molecule is Cc1nn(-c2ccccc2)c(C)c1C=CC(=O)OCC(=O)NCc1cccs1. The normalized spacial score (nSPS) is 10.9. The van der Waals surface area contributed by atoms with Gasteiger partial charge in [0.25, 0.3) is 5.91 Å². The van der Waals surface area contributed by atoms with Gasteiger partial charge >= 0.3 is 5.97 Å². The number of thiophene rings is 1. The minimum atomic E-state index is -0.572. The average Bonchev–Trinajstić information content (AvgIpc) is 3.32. The van der Waals surface area contributed by atoms with Gasteiger partial charge in [-0.3, -0.25) is 4.79 Å². The molecule has 6 nitrogen and oxygen atoms in total. The van der Waals surface area contributed by atoms with Crippen molar-refractivity contribution in [3.8, 4) is 5.69 Å². The molecule has 2 heterocycles. The minimum absolute atomic E-state index is 0.310. The Kier molecular flexibility index (Phi) is 6.39. The van der Waals surface area contributed by atoms with Crippen molar-refractivity contribution in [1.29, 1.82) is 0 Å². The molecule has 0 unspecified atom stereocenters. The molecule has 144 valence electrons. The largest absolute Gasteiger partial charge is 0.452 e. The standard InChI is InChI=1S/C21H21N3O3S/c1-15-19(16(2)24(23-15)17-7-4-3-5-8-17)10-11-21(26)27-14-20(25)22-13-18-9-6-12-28-18/h3-12H,13-14H2,1-2H3,(H,22,25). The Hall–Kier alpha value is -3.19. The summed E-state index contributed by atoms with van der Waals surface area (Å²) >= 11 is 1.56. The predicted molar refractivity (Wildman–Crippen MR) is 109 cm³/mol. The molecule has 0 fully saturated rings. The zero-order chi connectivity index (χ0) is 19.9. The van der Waals surface area contributed by atoms with Gasteiger partial charge in [-0.1, -0.05) is 24.3 Å². The molecule has 0 aliphatic carbocycles. The number of aromatic nitrogens is 2. The maximum Gasteiger partial charge on any atom is 0.331 e. The maximum absolute atomic E-state index is 11.9. The first-order chi connectivity index (χ1) is 13.5. The molecule has 3 aromatic rings. The Morgan fingerprint density at radius 1 is 1.18 bits per heavy atom. The van der Waals surface area contributed by atoms with E-state index in [2.05, 4.69) is 10.4 Å². The number of carbonyl (C=O) groups excluding carboxylic acids is 2. The third kappa shape index (κ3) is 4.95. The third-order valence-corrected chi connectivity index (χ3v) is 5.00. The Balaban J connectivity index is 1.55. The van der Waals surface area contributed by atoms with Crippen molar-refractivity contribution in [3.05, 3.63) is 75.7 Å². The van der Waals surface area contributed by atoms with Gasteiger partial charge in [0.1, 0.15) is 0 Å². The highest BCUT2D eigenvalue weighted by atomic mass is 32.1. The predicted octanol–water partition coefficient (Wildman–Crippen LogP) is 3.42. The lowest BCUT2D eigenvalue weighted by Gasteiger charge is -2.04. The zero-order valence-corrected chi connectivity index (χ0v) is 16.5. The molecule has 28 heavy (non-hydrogen) atoms. The molecule has 0 spiro atoms. The lowest BCUT2D eigenvalue weighted by molar-refractivity contribution is -0.143. The lowest BCUT2D eigenvalue weighted by Crippen LogP contribution is -2.27. The molecular weight excluding hydrogens is 374 g/mol. The summed E-state index contributed by atoms with van der Waals surface area (Å²) in [5.74, 6) is -0.906. The first-order valence-corrected chi connectivity index (χ1v) is 9.68. The fourth-order valence-corrected chi connectivity index (χ4v) is 3.35. The highest BCUT2D eigenvalue weighted by Crippen LogP contribution is 2.19. The van der Waals surface area contributed by atoms with Gasteiger partial charge in [0.05, 0.1) is 17.9 Å². The summed E-state index contributed by atoms with van der Waals surface area (Å²) < 4.78 is 6.84. The maximum atomic E-state index is 11.9. The van der Waals surface area contributed by atoms with Gasteiger partial charge in [0.2, 0.25) is 0 Å². The summed E-state index contributed by atoms with van der Waals surface area (Å²) in [6, 6.07) is 13.6. The van der Waals surface area contributed by atoms with Crippen LogP contribution in [0.4, 0.5) is 0 Å². The van der Waals surface area contributed by atoms with E-state index in [0.717, 1.165) is 27.5 Å². The first-order valence-electron chi connectivity index (χ1n) is 8.80. The minimum Gasteiger partial charge on any atom is -0.452 e. The van der Waals surface area contributed by atoms with Gasteiger partial charge in [0, 0.05) is 22.2 Å². The van der Waals surface area contributed by atoms with Crippen LogP contribution < -0.4 is 5.32 Å². The Morgan fingerprint density at radius 3 is 2.68 bits per heavy atom. The number of para-hydroxylation sites is 1. The number of hydrogen-bond acceptors (Lipinski definition) is 5. The van der Waals surface area contributed by atoms with Gasteiger partial charge in [-0.05, 0) is 43.5 Å². The molecule has 1 amide bonds. The Bertz CT molecular complexity index is 976. The van der Waals surface area contributed by atoms with E-state index in [0.29, 0.717) is 6.54 Å². The quantitative estimate of drug-likeness (QED) is 0.491. The van der Waals surface area contributed by atoms with Crippen LogP contribution in [0.3, 0.4) is 0 Å². The fourth-order valence-electron chi connectivity index (χ4n) is 2.70. The van der Waals surface area contributed by atoms with Crippen molar-refractivity contribution in [3.63, 3.8) is 0 Å².